The van der Waals surface area contributed by atoms with Gasteiger partial charge in [0.05, 0.1) is 0 Å². The average Bonchev–Trinajstić information content (AvgIpc) is 2.53. The van der Waals surface area contributed by atoms with Gasteiger partial charge in [0.15, 0.2) is 5.96 Å². The minimum absolute atomic E-state index is 0. The fourth-order valence-corrected chi connectivity index (χ4v) is 3.07. The van der Waals surface area contributed by atoms with Crippen molar-refractivity contribution in [3.63, 3.8) is 0 Å². The van der Waals surface area contributed by atoms with Crippen molar-refractivity contribution in [1.29, 1.82) is 0 Å². The first-order valence-corrected chi connectivity index (χ1v) is 8.43. The minimum Gasteiger partial charge on any atom is -0.355 e. The topological polar surface area (TPSA) is 34.1 Å². The standard InChI is InChI=1S/C17H28ClN5.HI/c1-19-17(20-11-15-13-21(2)9-10-22(15)3)23(4)12-14-7-5-6-8-16(14)18;/h5-8,15H,9-13H2,1-4H3,(H,19,20);1H. The van der Waals surface area contributed by atoms with Crippen molar-refractivity contribution in [1.82, 2.24) is 20.0 Å². The van der Waals surface area contributed by atoms with Crippen molar-refractivity contribution >= 4 is 41.5 Å². The molecule has 0 amide bonds. The van der Waals surface area contributed by atoms with Gasteiger partial charge in [-0.3, -0.25) is 9.89 Å². The summed E-state index contributed by atoms with van der Waals surface area (Å²) >= 11 is 6.25. The highest BCUT2D eigenvalue weighted by molar-refractivity contribution is 14.0. The lowest BCUT2D eigenvalue weighted by Gasteiger charge is -2.38. The monoisotopic (exact) mass is 465 g/mol. The van der Waals surface area contributed by atoms with E-state index >= 15 is 0 Å². The number of guanidine groups is 1. The van der Waals surface area contributed by atoms with E-state index in [4.69, 9.17) is 11.6 Å². The van der Waals surface area contributed by atoms with Crippen LogP contribution in [0.2, 0.25) is 5.02 Å². The van der Waals surface area contributed by atoms with Crippen LogP contribution in [0, 0.1) is 0 Å². The summed E-state index contributed by atoms with van der Waals surface area (Å²) in [6.07, 6.45) is 0. The summed E-state index contributed by atoms with van der Waals surface area (Å²) in [5, 5.41) is 4.29. The molecule has 5 nitrogen and oxygen atoms in total. The van der Waals surface area contributed by atoms with Crippen molar-refractivity contribution < 1.29 is 0 Å². The van der Waals surface area contributed by atoms with Gasteiger partial charge in [-0.1, -0.05) is 29.8 Å². The molecule has 1 aromatic rings. The molecule has 1 aromatic carbocycles. The highest BCUT2D eigenvalue weighted by Gasteiger charge is 2.22. The van der Waals surface area contributed by atoms with E-state index in [2.05, 4.69) is 45.2 Å². The lowest BCUT2D eigenvalue weighted by Crippen LogP contribution is -2.55. The molecule has 7 heteroatoms. The zero-order valence-electron chi connectivity index (χ0n) is 15.0. The number of hydrogen-bond donors (Lipinski definition) is 1. The van der Waals surface area contributed by atoms with Gasteiger partial charge >= 0.3 is 0 Å². The molecule has 136 valence electrons. The number of hydrogen-bond acceptors (Lipinski definition) is 3. The highest BCUT2D eigenvalue weighted by Crippen LogP contribution is 2.16. The van der Waals surface area contributed by atoms with Gasteiger partial charge < -0.3 is 15.1 Å². The van der Waals surface area contributed by atoms with Gasteiger partial charge in [-0.05, 0) is 25.7 Å². The zero-order valence-corrected chi connectivity index (χ0v) is 18.1. The molecule has 0 aromatic heterocycles. The van der Waals surface area contributed by atoms with Crippen LogP contribution in [0.15, 0.2) is 29.3 Å². The van der Waals surface area contributed by atoms with Gasteiger partial charge in [-0.2, -0.15) is 0 Å². The molecule has 0 aliphatic carbocycles. The maximum absolute atomic E-state index is 6.25. The third kappa shape index (κ3) is 6.06. The van der Waals surface area contributed by atoms with Crippen LogP contribution in [-0.2, 0) is 6.54 Å². The Morgan fingerprint density at radius 2 is 2.04 bits per heavy atom. The Morgan fingerprint density at radius 3 is 2.71 bits per heavy atom. The summed E-state index contributed by atoms with van der Waals surface area (Å²) in [7, 11) is 8.23. The Kier molecular flexibility index (Phi) is 9.33. The number of rotatable bonds is 4. The van der Waals surface area contributed by atoms with Crippen molar-refractivity contribution in [2.75, 3.05) is 54.4 Å². The number of aliphatic imine (C=N–C) groups is 1. The highest BCUT2D eigenvalue weighted by atomic mass is 127. The first kappa shape index (κ1) is 21.5. The first-order valence-electron chi connectivity index (χ1n) is 8.05. The zero-order chi connectivity index (χ0) is 16.8. The minimum atomic E-state index is 0. The molecule has 2 rings (SSSR count). The molecule has 0 spiro atoms. The van der Waals surface area contributed by atoms with E-state index in [1.165, 1.54) is 0 Å². The number of benzene rings is 1. The lowest BCUT2D eigenvalue weighted by atomic mass is 10.2. The van der Waals surface area contributed by atoms with E-state index in [0.29, 0.717) is 6.04 Å². The van der Waals surface area contributed by atoms with Crippen LogP contribution in [0.25, 0.3) is 0 Å². The third-order valence-electron chi connectivity index (χ3n) is 4.41. The van der Waals surface area contributed by atoms with Gasteiger partial charge in [-0.25, -0.2) is 0 Å². The smallest absolute Gasteiger partial charge is 0.193 e. The number of nitrogens with zero attached hydrogens (tertiary/aromatic N) is 4. The van der Waals surface area contributed by atoms with Crippen LogP contribution in [0.4, 0.5) is 0 Å². The van der Waals surface area contributed by atoms with Crippen molar-refractivity contribution in [2.45, 2.75) is 12.6 Å². The van der Waals surface area contributed by atoms with Crippen LogP contribution in [0.5, 0.6) is 0 Å². The molecule has 1 N–H and O–H groups in total. The van der Waals surface area contributed by atoms with E-state index < -0.39 is 0 Å². The van der Waals surface area contributed by atoms with Gasteiger partial charge in [0.2, 0.25) is 0 Å². The van der Waals surface area contributed by atoms with Crippen LogP contribution in [0.3, 0.4) is 0 Å². The van der Waals surface area contributed by atoms with Gasteiger partial charge in [0.1, 0.15) is 0 Å². The Morgan fingerprint density at radius 1 is 1.33 bits per heavy atom. The quantitative estimate of drug-likeness (QED) is 0.420. The Labute approximate surface area is 168 Å². The molecule has 1 atom stereocenters. The van der Waals surface area contributed by atoms with Crippen LogP contribution >= 0.6 is 35.6 Å². The second-order valence-corrected chi connectivity index (χ2v) is 6.68. The normalized spacial score (nSPS) is 19.7. The maximum atomic E-state index is 6.25. The largest absolute Gasteiger partial charge is 0.355 e. The van der Waals surface area contributed by atoms with E-state index in [-0.39, 0.29) is 24.0 Å². The predicted molar refractivity (Wildman–Crippen MR) is 114 cm³/mol. The van der Waals surface area contributed by atoms with E-state index in [1.54, 1.807) is 0 Å². The molecule has 1 heterocycles. The second-order valence-electron chi connectivity index (χ2n) is 6.27. The Hall–Kier alpha value is -0.570. The molecule has 1 fully saturated rings. The molecule has 1 aliphatic rings. The molecular weight excluding hydrogens is 437 g/mol. The SMILES string of the molecule is CN=C(NCC1CN(C)CCN1C)N(C)Cc1ccccc1Cl.I. The molecular formula is C17H29ClIN5. The molecule has 24 heavy (non-hydrogen) atoms. The molecule has 1 saturated heterocycles. The summed E-state index contributed by atoms with van der Waals surface area (Å²) in [6.45, 7) is 4.94. The van der Waals surface area contributed by atoms with Crippen molar-refractivity contribution in [3.05, 3.63) is 34.9 Å². The fourth-order valence-electron chi connectivity index (χ4n) is 2.87. The molecule has 0 saturated carbocycles. The van der Waals surface area contributed by atoms with Gasteiger partial charge in [0, 0.05) is 57.9 Å². The van der Waals surface area contributed by atoms with E-state index in [9.17, 15) is 0 Å². The second kappa shape index (κ2) is 10.4. The van der Waals surface area contributed by atoms with Gasteiger partial charge in [0.25, 0.3) is 0 Å². The lowest BCUT2D eigenvalue weighted by molar-refractivity contribution is 0.116. The number of nitrogens with one attached hydrogen (secondary N) is 1. The van der Waals surface area contributed by atoms with Crippen LogP contribution < -0.4 is 5.32 Å². The first-order chi connectivity index (χ1) is 11.0. The predicted octanol–water partition coefficient (Wildman–Crippen LogP) is 2.21. The summed E-state index contributed by atoms with van der Waals surface area (Å²) in [5.41, 5.74) is 1.11. The number of halogens is 2. The van der Waals surface area contributed by atoms with Crippen molar-refractivity contribution in [2.24, 2.45) is 4.99 Å². The molecule has 1 unspecified atom stereocenters. The van der Waals surface area contributed by atoms with E-state index in [1.807, 2.05) is 32.3 Å². The van der Waals surface area contributed by atoms with Crippen LogP contribution in [-0.4, -0.2) is 81.1 Å². The Bertz CT molecular complexity index is 539. The summed E-state index contributed by atoms with van der Waals surface area (Å²) < 4.78 is 0. The maximum Gasteiger partial charge on any atom is 0.193 e. The molecule has 0 bridgehead atoms. The number of piperazine rings is 1. The number of likely N-dealkylation sites (N-methyl/N-ethyl adjacent to an activating group) is 2. The average molecular weight is 466 g/mol. The Balaban J connectivity index is 0.00000288. The van der Waals surface area contributed by atoms with Crippen molar-refractivity contribution in [3.8, 4) is 0 Å². The fraction of sp³-hybridized carbons (Fsp3) is 0.588. The molecule has 0 radical (unpaired) electrons. The van der Waals surface area contributed by atoms with E-state index in [0.717, 1.165) is 49.3 Å². The van der Waals surface area contributed by atoms with Gasteiger partial charge in [-0.15, -0.1) is 24.0 Å². The summed E-state index contributed by atoms with van der Waals surface area (Å²) in [4.78, 5) is 11.3. The molecule has 1 aliphatic heterocycles. The van der Waals surface area contributed by atoms with Crippen LogP contribution in [0.1, 0.15) is 5.56 Å². The third-order valence-corrected chi connectivity index (χ3v) is 4.78. The summed E-state index contributed by atoms with van der Waals surface area (Å²) in [5.74, 6) is 0.895. The summed E-state index contributed by atoms with van der Waals surface area (Å²) in [6, 6.07) is 8.44.